The van der Waals surface area contributed by atoms with Gasteiger partial charge in [-0.05, 0) is 35.1 Å². The third-order valence-corrected chi connectivity index (χ3v) is 6.88. The average molecular weight is 453 g/mol. The number of benzene rings is 1. The second-order valence-electron chi connectivity index (χ2n) is 6.97. The van der Waals surface area contributed by atoms with Crippen molar-refractivity contribution in [2.24, 2.45) is 0 Å². The van der Waals surface area contributed by atoms with Crippen molar-refractivity contribution >= 4 is 50.5 Å². The molecule has 0 bridgehead atoms. The van der Waals surface area contributed by atoms with Gasteiger partial charge < -0.3 is 9.80 Å². The Morgan fingerprint density at radius 1 is 1.06 bits per heavy atom. The van der Waals surface area contributed by atoms with Gasteiger partial charge in [0.1, 0.15) is 22.2 Å². The van der Waals surface area contributed by atoms with E-state index < -0.39 is 4.92 Å². The lowest BCUT2D eigenvalue weighted by Crippen LogP contribution is -2.48. The minimum Gasteiger partial charge on any atom is -0.352 e. The molecule has 1 aromatic carbocycles. The Bertz CT molecular complexity index is 1250. The van der Waals surface area contributed by atoms with Gasteiger partial charge in [-0.25, -0.2) is 9.97 Å². The molecular formula is C20H16N6O3S2. The van der Waals surface area contributed by atoms with E-state index in [1.165, 1.54) is 41.3 Å². The molecule has 0 N–H and O–H groups in total. The highest BCUT2D eigenvalue weighted by Gasteiger charge is 2.25. The number of non-ortho nitro benzene ring substituents is 1. The molecule has 0 spiro atoms. The van der Waals surface area contributed by atoms with Crippen LogP contribution in [0.15, 0.2) is 48.1 Å². The van der Waals surface area contributed by atoms with E-state index in [4.69, 9.17) is 0 Å². The minimum atomic E-state index is -0.425. The molecule has 1 amide bonds. The molecule has 5 rings (SSSR count). The zero-order chi connectivity index (χ0) is 21.4. The van der Waals surface area contributed by atoms with Crippen LogP contribution in [0.25, 0.3) is 21.5 Å². The molecule has 1 aliphatic heterocycles. The number of carbonyl (C=O) groups is 1. The maximum atomic E-state index is 12.6. The predicted molar refractivity (Wildman–Crippen MR) is 120 cm³/mol. The highest BCUT2D eigenvalue weighted by molar-refractivity contribution is 7.14. The maximum Gasteiger partial charge on any atom is 0.269 e. The average Bonchev–Trinajstić information content (AvgIpc) is 3.49. The van der Waals surface area contributed by atoms with Crippen molar-refractivity contribution in [2.75, 3.05) is 31.1 Å². The highest BCUT2D eigenvalue weighted by atomic mass is 32.1. The quantitative estimate of drug-likeness (QED) is 0.343. The fourth-order valence-electron chi connectivity index (χ4n) is 3.58. The lowest BCUT2D eigenvalue weighted by Gasteiger charge is -2.35. The smallest absolute Gasteiger partial charge is 0.269 e. The monoisotopic (exact) mass is 452 g/mol. The van der Waals surface area contributed by atoms with Crippen molar-refractivity contribution in [3.63, 3.8) is 0 Å². The predicted octanol–water partition coefficient (Wildman–Crippen LogP) is 3.69. The van der Waals surface area contributed by atoms with E-state index in [1.807, 2.05) is 22.4 Å². The molecule has 0 unspecified atom stereocenters. The topological polar surface area (TPSA) is 105 Å². The van der Waals surface area contributed by atoms with Crippen LogP contribution in [0, 0.1) is 10.1 Å². The molecule has 4 aromatic rings. The Hall–Kier alpha value is -3.44. The largest absolute Gasteiger partial charge is 0.352 e. The molecule has 156 valence electrons. The van der Waals surface area contributed by atoms with E-state index in [0.29, 0.717) is 31.9 Å². The Balaban J connectivity index is 1.38. The van der Waals surface area contributed by atoms with Gasteiger partial charge in [0.2, 0.25) is 0 Å². The fraction of sp³-hybridized carbons (Fsp3) is 0.200. The molecule has 3 aromatic heterocycles. The number of rotatable bonds is 4. The number of carbonyl (C=O) groups excluding carboxylic acids is 1. The van der Waals surface area contributed by atoms with E-state index in [0.717, 1.165) is 26.5 Å². The summed E-state index contributed by atoms with van der Waals surface area (Å²) in [5.41, 5.74) is 2.22. The van der Waals surface area contributed by atoms with E-state index >= 15 is 0 Å². The molecule has 1 aliphatic rings. The Morgan fingerprint density at radius 3 is 2.52 bits per heavy atom. The molecule has 31 heavy (non-hydrogen) atoms. The summed E-state index contributed by atoms with van der Waals surface area (Å²) in [7, 11) is 0. The number of aromatic nitrogens is 3. The van der Waals surface area contributed by atoms with E-state index in [9.17, 15) is 14.9 Å². The van der Waals surface area contributed by atoms with Gasteiger partial charge >= 0.3 is 0 Å². The van der Waals surface area contributed by atoms with Crippen LogP contribution in [0.1, 0.15) is 9.67 Å². The first-order chi connectivity index (χ1) is 15.1. The van der Waals surface area contributed by atoms with E-state index in [-0.39, 0.29) is 11.6 Å². The SMILES string of the molecule is O=C(c1cccs1)N1CCN(c2ncnc3c(-c4ccc([N+](=O)[O-])cc4)nsc23)CC1. The van der Waals surface area contributed by atoms with Crippen molar-refractivity contribution in [3.05, 3.63) is 63.1 Å². The van der Waals surface area contributed by atoms with Crippen LogP contribution < -0.4 is 4.90 Å². The first-order valence-electron chi connectivity index (χ1n) is 9.55. The number of nitro benzene ring substituents is 1. The van der Waals surface area contributed by atoms with E-state index in [2.05, 4.69) is 19.2 Å². The zero-order valence-electron chi connectivity index (χ0n) is 16.2. The van der Waals surface area contributed by atoms with Gasteiger partial charge in [0.05, 0.1) is 9.80 Å². The summed E-state index contributed by atoms with van der Waals surface area (Å²) in [4.78, 5) is 36.8. The molecule has 9 nitrogen and oxygen atoms in total. The van der Waals surface area contributed by atoms with Crippen LogP contribution in [0.2, 0.25) is 0 Å². The molecule has 11 heteroatoms. The summed E-state index contributed by atoms with van der Waals surface area (Å²) in [5.74, 6) is 0.875. The minimum absolute atomic E-state index is 0.0357. The molecule has 1 fully saturated rings. The Morgan fingerprint density at radius 2 is 1.84 bits per heavy atom. The normalized spacial score (nSPS) is 14.2. The van der Waals surface area contributed by atoms with Crippen LogP contribution in [0.4, 0.5) is 11.5 Å². The number of fused-ring (bicyclic) bond motifs is 1. The van der Waals surface area contributed by atoms with Gasteiger partial charge in [0.25, 0.3) is 11.6 Å². The molecule has 0 aliphatic carbocycles. The van der Waals surface area contributed by atoms with Crippen LogP contribution in [0.3, 0.4) is 0 Å². The van der Waals surface area contributed by atoms with Crippen LogP contribution >= 0.6 is 22.9 Å². The number of anilines is 1. The third-order valence-electron chi connectivity index (χ3n) is 5.19. The lowest BCUT2D eigenvalue weighted by molar-refractivity contribution is -0.384. The van der Waals surface area contributed by atoms with Crippen LogP contribution in [-0.2, 0) is 0 Å². The summed E-state index contributed by atoms with van der Waals surface area (Å²) >= 11 is 2.77. The lowest BCUT2D eigenvalue weighted by atomic mass is 10.1. The van der Waals surface area contributed by atoms with Gasteiger partial charge in [-0.2, -0.15) is 4.37 Å². The van der Waals surface area contributed by atoms with Crippen molar-refractivity contribution in [3.8, 4) is 11.3 Å². The third kappa shape index (κ3) is 3.62. The standard InChI is InChI=1S/C20H16N6O3S2/c27-20(15-2-1-11-30-15)25-9-7-24(8-10-25)19-18-17(21-12-22-19)16(23-31-18)13-3-5-14(6-4-13)26(28)29/h1-6,11-12H,7-10H2. The summed E-state index contributed by atoms with van der Waals surface area (Å²) in [6, 6.07) is 10.0. The van der Waals surface area contributed by atoms with Crippen LogP contribution in [0.5, 0.6) is 0 Å². The number of hydrogen-bond donors (Lipinski definition) is 0. The Kier molecular flexibility index (Phi) is 5.04. The van der Waals surface area contributed by atoms with Crippen molar-refractivity contribution in [1.29, 1.82) is 0 Å². The summed E-state index contributed by atoms with van der Waals surface area (Å²) in [6.45, 7) is 2.59. The number of piperazine rings is 1. The number of thiophene rings is 1. The van der Waals surface area contributed by atoms with Crippen molar-refractivity contribution in [1.82, 2.24) is 19.2 Å². The molecule has 0 saturated carbocycles. The summed E-state index contributed by atoms with van der Waals surface area (Å²) in [6.07, 6.45) is 1.52. The zero-order valence-corrected chi connectivity index (χ0v) is 17.8. The maximum absolute atomic E-state index is 12.6. The van der Waals surface area contributed by atoms with Crippen molar-refractivity contribution in [2.45, 2.75) is 0 Å². The molecule has 1 saturated heterocycles. The van der Waals surface area contributed by atoms with Gasteiger partial charge in [0.15, 0.2) is 5.82 Å². The summed E-state index contributed by atoms with van der Waals surface area (Å²) < 4.78 is 5.42. The van der Waals surface area contributed by atoms with Gasteiger partial charge in [-0.15, -0.1) is 11.3 Å². The molecule has 4 heterocycles. The Labute approximate surface area is 184 Å². The molecular weight excluding hydrogens is 436 g/mol. The second kappa shape index (κ2) is 8.00. The highest BCUT2D eigenvalue weighted by Crippen LogP contribution is 2.35. The second-order valence-corrected chi connectivity index (χ2v) is 8.69. The fourth-order valence-corrected chi connectivity index (χ4v) is 5.15. The van der Waals surface area contributed by atoms with Gasteiger partial charge in [0, 0.05) is 43.9 Å². The molecule has 0 radical (unpaired) electrons. The number of hydrogen-bond acceptors (Lipinski definition) is 9. The molecule has 0 atom stereocenters. The van der Waals surface area contributed by atoms with Gasteiger partial charge in [-0.3, -0.25) is 14.9 Å². The first kappa shape index (κ1) is 19.5. The van der Waals surface area contributed by atoms with Crippen molar-refractivity contribution < 1.29 is 9.72 Å². The van der Waals surface area contributed by atoms with Crippen LogP contribution in [-0.4, -0.2) is 56.3 Å². The summed E-state index contributed by atoms with van der Waals surface area (Å²) in [5, 5.41) is 12.8. The van der Waals surface area contributed by atoms with Gasteiger partial charge in [-0.1, -0.05) is 6.07 Å². The van der Waals surface area contributed by atoms with E-state index in [1.54, 1.807) is 12.1 Å². The number of nitrogens with zero attached hydrogens (tertiary/aromatic N) is 6. The number of nitro groups is 1. The first-order valence-corrected chi connectivity index (χ1v) is 11.2. The number of amides is 1.